The maximum absolute atomic E-state index is 13.9. The molecule has 0 saturated heterocycles. The summed E-state index contributed by atoms with van der Waals surface area (Å²) < 4.78 is 12.8. The first-order valence-corrected chi connectivity index (χ1v) is 12.5. The van der Waals surface area contributed by atoms with Crippen molar-refractivity contribution in [3.63, 3.8) is 0 Å². The first kappa shape index (κ1) is 24.9. The van der Waals surface area contributed by atoms with E-state index in [1.165, 1.54) is 0 Å². The predicted molar refractivity (Wildman–Crippen MR) is 140 cm³/mol. The Morgan fingerprint density at radius 2 is 1.40 bits per heavy atom. The van der Waals surface area contributed by atoms with Gasteiger partial charge in [0.05, 0.1) is 29.0 Å². The van der Waals surface area contributed by atoms with E-state index in [0.29, 0.717) is 38.9 Å². The second-order valence-corrected chi connectivity index (χ2v) is 9.95. The quantitative estimate of drug-likeness (QED) is 0.237. The fourth-order valence-electron chi connectivity index (χ4n) is 4.38. The zero-order valence-electron chi connectivity index (χ0n) is 20.4. The van der Waals surface area contributed by atoms with Gasteiger partial charge < -0.3 is 14.3 Å². The molecule has 0 aliphatic carbocycles. The fourth-order valence-corrected chi connectivity index (χ4v) is 4.95. The highest BCUT2D eigenvalue weighted by atomic mass is 79.9. The van der Waals surface area contributed by atoms with Gasteiger partial charge in [-0.15, -0.1) is 0 Å². The van der Waals surface area contributed by atoms with Gasteiger partial charge in [-0.05, 0) is 67.7 Å². The predicted octanol–water partition coefficient (Wildman–Crippen LogP) is 6.67. The number of amides is 2. The third kappa shape index (κ3) is 4.33. The third-order valence-electron chi connectivity index (χ3n) is 5.91. The van der Waals surface area contributed by atoms with Crippen molar-refractivity contribution in [1.82, 2.24) is 0 Å². The Kier molecular flexibility index (Phi) is 6.99. The van der Waals surface area contributed by atoms with E-state index in [2.05, 4.69) is 15.9 Å². The van der Waals surface area contributed by atoms with Crippen molar-refractivity contribution < 1.29 is 23.9 Å². The zero-order valence-corrected chi connectivity index (χ0v) is 22.0. The minimum atomic E-state index is -0.476. The number of anilines is 1. The van der Waals surface area contributed by atoms with Crippen molar-refractivity contribution in [2.24, 2.45) is 0 Å². The third-order valence-corrected chi connectivity index (χ3v) is 6.54. The Morgan fingerprint density at radius 3 is 1.80 bits per heavy atom. The molecule has 1 heterocycles. The first-order valence-electron chi connectivity index (χ1n) is 11.7. The Balaban J connectivity index is 1.96. The van der Waals surface area contributed by atoms with Crippen LogP contribution in [0.2, 0.25) is 0 Å². The monoisotopic (exact) mass is 537 g/mol. The topological polar surface area (TPSA) is 72.9 Å². The summed E-state index contributed by atoms with van der Waals surface area (Å²) in [5, 5.41) is 1.43. The van der Waals surface area contributed by atoms with Gasteiger partial charge in [-0.3, -0.25) is 9.59 Å². The molecule has 4 rings (SSSR count). The standard InChI is InChI=1S/C28H28BrNO5/c1-6-17(14-31)18-11-12-22(21(29)13-18)30-27(32)23-24(28(30)33)26(35-16(4)5)20-10-8-7-9-19(20)25(23)34-15(2)3/h7-17H,6H2,1-5H3. The van der Waals surface area contributed by atoms with E-state index < -0.39 is 11.8 Å². The molecule has 7 heteroatoms. The number of rotatable bonds is 8. The summed E-state index contributed by atoms with van der Waals surface area (Å²) in [7, 11) is 0. The van der Waals surface area contributed by atoms with Gasteiger partial charge in [0.15, 0.2) is 0 Å². The van der Waals surface area contributed by atoms with E-state index in [1.807, 2.05) is 58.9 Å². The van der Waals surface area contributed by atoms with E-state index >= 15 is 0 Å². The number of hydrogen-bond acceptors (Lipinski definition) is 5. The first-order chi connectivity index (χ1) is 16.7. The van der Waals surface area contributed by atoms with E-state index in [4.69, 9.17) is 9.47 Å². The molecule has 3 aromatic carbocycles. The molecule has 0 fully saturated rings. The number of carbonyl (C=O) groups is 3. The van der Waals surface area contributed by atoms with Crippen LogP contribution in [0.1, 0.15) is 73.2 Å². The summed E-state index contributed by atoms with van der Waals surface area (Å²) in [6.07, 6.45) is 1.13. The van der Waals surface area contributed by atoms with Crippen LogP contribution in [0.5, 0.6) is 11.5 Å². The molecule has 1 atom stereocenters. The molecule has 2 amide bonds. The smallest absolute Gasteiger partial charge is 0.270 e. The highest BCUT2D eigenvalue weighted by molar-refractivity contribution is 9.10. The van der Waals surface area contributed by atoms with Crippen LogP contribution < -0.4 is 14.4 Å². The number of carbonyl (C=O) groups excluding carboxylic acids is 3. The maximum atomic E-state index is 13.9. The molecule has 3 aromatic rings. The summed E-state index contributed by atoms with van der Waals surface area (Å²) in [5.74, 6) is -0.457. The minimum absolute atomic E-state index is 0.202. The molecule has 0 aromatic heterocycles. The lowest BCUT2D eigenvalue weighted by Crippen LogP contribution is -2.30. The lowest BCUT2D eigenvalue weighted by atomic mass is 9.98. The van der Waals surface area contributed by atoms with Crippen LogP contribution in [0, 0.1) is 0 Å². The number of ether oxygens (including phenoxy) is 2. The Bertz CT molecular complexity index is 1260. The van der Waals surface area contributed by atoms with Crippen molar-refractivity contribution in [3.05, 3.63) is 63.6 Å². The summed E-state index contributed by atoms with van der Waals surface area (Å²) in [5.41, 5.74) is 1.62. The second kappa shape index (κ2) is 9.82. The molecule has 0 radical (unpaired) electrons. The largest absolute Gasteiger partial charge is 0.489 e. The van der Waals surface area contributed by atoms with Crippen LogP contribution in [-0.2, 0) is 4.79 Å². The molecule has 35 heavy (non-hydrogen) atoms. The van der Waals surface area contributed by atoms with Crippen LogP contribution in [0.15, 0.2) is 46.9 Å². The molecule has 182 valence electrons. The summed E-state index contributed by atoms with van der Waals surface area (Å²) in [6, 6.07) is 12.7. The molecule has 0 saturated carbocycles. The van der Waals surface area contributed by atoms with Gasteiger partial charge in [0.25, 0.3) is 11.8 Å². The number of halogens is 1. The highest BCUT2D eigenvalue weighted by Crippen LogP contribution is 2.47. The molecule has 1 aliphatic rings. The van der Waals surface area contributed by atoms with Crippen molar-refractivity contribution in [3.8, 4) is 11.5 Å². The lowest BCUT2D eigenvalue weighted by molar-refractivity contribution is -0.109. The van der Waals surface area contributed by atoms with E-state index in [9.17, 15) is 14.4 Å². The lowest BCUT2D eigenvalue weighted by Gasteiger charge is -2.20. The number of nitrogens with zero attached hydrogens (tertiary/aromatic N) is 1. The molecular formula is C28H28BrNO5. The average Bonchev–Trinajstić information content (AvgIpc) is 3.07. The maximum Gasteiger partial charge on any atom is 0.270 e. The Hall–Kier alpha value is -3.19. The number of imide groups is 1. The zero-order chi connectivity index (χ0) is 25.4. The number of benzene rings is 3. The number of aldehydes is 1. The molecule has 0 N–H and O–H groups in total. The number of hydrogen-bond donors (Lipinski definition) is 0. The molecule has 0 bridgehead atoms. The molecule has 1 aliphatic heterocycles. The van der Waals surface area contributed by atoms with Crippen molar-refractivity contribution in [2.75, 3.05) is 4.90 Å². The summed E-state index contributed by atoms with van der Waals surface area (Å²) in [4.78, 5) is 40.3. The van der Waals surface area contributed by atoms with Gasteiger partial charge in [0, 0.05) is 21.2 Å². The molecule has 0 spiro atoms. The highest BCUT2D eigenvalue weighted by Gasteiger charge is 2.44. The normalized spacial score (nSPS) is 14.1. The Labute approximate surface area is 213 Å². The van der Waals surface area contributed by atoms with Crippen molar-refractivity contribution in [1.29, 1.82) is 0 Å². The fraction of sp³-hybridized carbons (Fsp3) is 0.321. The van der Waals surface area contributed by atoms with Crippen LogP contribution in [0.3, 0.4) is 0 Å². The van der Waals surface area contributed by atoms with Crippen LogP contribution in [-0.4, -0.2) is 30.3 Å². The van der Waals surface area contributed by atoms with Crippen LogP contribution >= 0.6 is 15.9 Å². The number of fused-ring (bicyclic) bond motifs is 2. The van der Waals surface area contributed by atoms with Gasteiger partial charge in [0.2, 0.25) is 0 Å². The molecule has 1 unspecified atom stereocenters. The minimum Gasteiger partial charge on any atom is -0.489 e. The molecular weight excluding hydrogens is 510 g/mol. The van der Waals surface area contributed by atoms with Crippen LogP contribution in [0.25, 0.3) is 10.8 Å². The second-order valence-electron chi connectivity index (χ2n) is 9.09. The van der Waals surface area contributed by atoms with Crippen molar-refractivity contribution in [2.45, 2.75) is 59.2 Å². The van der Waals surface area contributed by atoms with E-state index in [1.54, 1.807) is 18.2 Å². The van der Waals surface area contributed by atoms with Gasteiger partial charge in [-0.2, -0.15) is 0 Å². The van der Waals surface area contributed by atoms with E-state index in [-0.39, 0.29) is 29.3 Å². The van der Waals surface area contributed by atoms with Gasteiger partial charge in [-0.1, -0.05) is 37.3 Å². The summed E-state index contributed by atoms with van der Waals surface area (Å²) >= 11 is 3.52. The Morgan fingerprint density at radius 1 is 0.886 bits per heavy atom. The van der Waals surface area contributed by atoms with Crippen molar-refractivity contribution >= 4 is 50.5 Å². The summed E-state index contributed by atoms with van der Waals surface area (Å²) in [6.45, 7) is 9.45. The average molecular weight is 538 g/mol. The molecule has 6 nitrogen and oxygen atoms in total. The van der Waals surface area contributed by atoms with Crippen LogP contribution in [0.4, 0.5) is 5.69 Å². The van der Waals surface area contributed by atoms with Gasteiger partial charge in [-0.25, -0.2) is 4.90 Å². The SMILES string of the molecule is CCC(C=O)c1ccc(N2C(=O)c3c(c(OC(C)C)c4ccccc4c3OC(C)C)C2=O)c(Br)c1. The van der Waals surface area contributed by atoms with Gasteiger partial charge in [0.1, 0.15) is 17.8 Å². The van der Waals surface area contributed by atoms with Gasteiger partial charge >= 0.3 is 0 Å². The van der Waals surface area contributed by atoms with E-state index in [0.717, 1.165) is 16.7 Å².